The highest BCUT2D eigenvalue weighted by Crippen LogP contribution is 2.36. The van der Waals surface area contributed by atoms with Gasteiger partial charge in [-0.2, -0.15) is 0 Å². The van der Waals surface area contributed by atoms with Crippen LogP contribution in [0.15, 0.2) is 21.1 Å². The summed E-state index contributed by atoms with van der Waals surface area (Å²) < 4.78 is 8.27. The molecular formula is C17H22Br4N4O2. The molecule has 1 aromatic carbocycles. The van der Waals surface area contributed by atoms with Gasteiger partial charge in [0, 0.05) is 10.9 Å². The smallest absolute Gasteiger partial charge is 0.217 e. The summed E-state index contributed by atoms with van der Waals surface area (Å²) in [5.74, 6) is 0.944. The van der Waals surface area contributed by atoms with E-state index in [0.29, 0.717) is 13.2 Å². The molecule has 0 atom stereocenters. The first-order chi connectivity index (χ1) is 12.5. The molecule has 6 nitrogen and oxygen atoms in total. The Balaban J connectivity index is 0.00000210. The molecule has 0 unspecified atom stereocenters. The summed E-state index contributed by atoms with van der Waals surface area (Å²) in [6, 6.07) is 3.78. The maximum absolute atomic E-state index is 13.0. The van der Waals surface area contributed by atoms with E-state index in [1.807, 2.05) is 12.1 Å². The average Bonchev–Trinajstić information content (AvgIpc) is 2.55. The lowest BCUT2D eigenvalue weighted by atomic mass is 10.1. The largest absolute Gasteiger partial charge is 1.00 e. The number of alkyl halides is 1. The zero-order valence-electron chi connectivity index (χ0n) is 14.8. The summed E-state index contributed by atoms with van der Waals surface area (Å²) in [5.41, 5.74) is 0.727. The van der Waals surface area contributed by atoms with Crippen LogP contribution in [0.2, 0.25) is 0 Å². The number of nitrogens with zero attached hydrogens (tertiary/aromatic N) is 4. The molecule has 0 aromatic heterocycles. The predicted octanol–water partition coefficient (Wildman–Crippen LogP) is 0.0707. The van der Waals surface area contributed by atoms with Crippen molar-refractivity contribution >= 4 is 53.6 Å². The summed E-state index contributed by atoms with van der Waals surface area (Å²) in [5, 5.41) is 0.907. The first-order valence-electron chi connectivity index (χ1n) is 8.71. The lowest BCUT2D eigenvalue weighted by molar-refractivity contribution is -0.973. The zero-order valence-corrected chi connectivity index (χ0v) is 21.2. The van der Waals surface area contributed by atoms with Gasteiger partial charge in [0.2, 0.25) is 5.78 Å². The number of ether oxygens (including phenoxy) is 1. The Morgan fingerprint density at radius 2 is 1.56 bits per heavy atom. The van der Waals surface area contributed by atoms with Crippen LogP contribution in [0.1, 0.15) is 16.8 Å². The van der Waals surface area contributed by atoms with Crippen LogP contribution in [0.3, 0.4) is 0 Å². The molecule has 0 radical (unpaired) electrons. The molecule has 0 spiro atoms. The van der Waals surface area contributed by atoms with Gasteiger partial charge in [-0.15, -0.1) is 0 Å². The molecule has 4 aliphatic rings. The standard InChI is InChI=1S/C17H22Br3N4O2.BrH/c18-2-1-3-26-17-14(19)4-13(5-15(17)20)16(25)6-24-10-21-7-22(11-24)9-23(8-21)12-24;/h4-5H,1-3,6-12H2;1H/q+1;/p-1. The molecule has 4 heterocycles. The summed E-state index contributed by atoms with van der Waals surface area (Å²) >= 11 is 10.5. The first-order valence-corrected chi connectivity index (χ1v) is 11.4. The van der Waals surface area contributed by atoms with E-state index in [1.54, 1.807) is 0 Å². The maximum atomic E-state index is 13.0. The topological polar surface area (TPSA) is 36.0 Å². The third-order valence-electron chi connectivity index (χ3n) is 5.02. The molecule has 0 saturated carbocycles. The molecule has 4 aliphatic heterocycles. The van der Waals surface area contributed by atoms with E-state index in [-0.39, 0.29) is 22.8 Å². The van der Waals surface area contributed by atoms with Gasteiger partial charge in [0.1, 0.15) is 32.3 Å². The second-order valence-corrected chi connectivity index (χ2v) is 9.95. The highest BCUT2D eigenvalue weighted by atomic mass is 79.9. The van der Waals surface area contributed by atoms with Crippen LogP contribution in [0.25, 0.3) is 0 Å². The van der Waals surface area contributed by atoms with Crippen molar-refractivity contribution in [2.45, 2.75) is 6.42 Å². The summed E-state index contributed by atoms with van der Waals surface area (Å²) in [6.45, 7) is 7.16. The monoisotopic (exact) mass is 630 g/mol. The van der Waals surface area contributed by atoms with Gasteiger partial charge in [-0.1, -0.05) is 15.9 Å². The Hall–Kier alpha value is 0.450. The molecule has 0 N–H and O–H groups in total. The van der Waals surface area contributed by atoms with Crippen LogP contribution in [0, 0.1) is 0 Å². The number of rotatable bonds is 7. The normalized spacial score (nSPS) is 30.9. The van der Waals surface area contributed by atoms with Crippen molar-refractivity contribution in [1.29, 1.82) is 0 Å². The molecule has 5 rings (SSSR count). The Kier molecular flexibility index (Phi) is 7.44. The number of quaternary nitrogens is 1. The average molecular weight is 634 g/mol. The molecule has 150 valence electrons. The van der Waals surface area contributed by atoms with E-state index in [2.05, 4.69) is 62.5 Å². The van der Waals surface area contributed by atoms with Gasteiger partial charge in [0.25, 0.3) is 0 Å². The van der Waals surface area contributed by atoms with E-state index in [1.165, 1.54) is 0 Å². The fourth-order valence-corrected chi connectivity index (χ4v) is 5.94. The molecule has 4 saturated heterocycles. The van der Waals surface area contributed by atoms with Crippen molar-refractivity contribution < 1.29 is 31.0 Å². The van der Waals surface area contributed by atoms with E-state index in [9.17, 15) is 4.79 Å². The number of hydrogen-bond donors (Lipinski definition) is 0. The number of carbonyl (C=O) groups is 1. The Morgan fingerprint density at radius 3 is 2.04 bits per heavy atom. The Bertz CT molecular complexity index is 660. The van der Waals surface area contributed by atoms with Gasteiger partial charge < -0.3 is 21.7 Å². The SMILES string of the molecule is O=C(C[N+]12CN3CN(CN(C3)C1)C2)c1cc(Br)c(OCCCBr)c(Br)c1.[Br-]. The number of carbonyl (C=O) groups excluding carboxylic acids is 1. The Labute approximate surface area is 195 Å². The van der Waals surface area contributed by atoms with Crippen molar-refractivity contribution in [3.8, 4) is 5.75 Å². The number of benzene rings is 1. The van der Waals surface area contributed by atoms with Crippen molar-refractivity contribution in [1.82, 2.24) is 14.7 Å². The third-order valence-corrected chi connectivity index (χ3v) is 6.76. The molecule has 27 heavy (non-hydrogen) atoms. The van der Waals surface area contributed by atoms with Gasteiger partial charge in [-0.3, -0.25) is 9.28 Å². The van der Waals surface area contributed by atoms with Crippen LogP contribution in [0.5, 0.6) is 5.75 Å². The maximum Gasteiger partial charge on any atom is 0.217 e. The second-order valence-electron chi connectivity index (χ2n) is 7.44. The molecule has 1 aromatic rings. The Morgan fingerprint density at radius 1 is 1.04 bits per heavy atom. The van der Waals surface area contributed by atoms with Gasteiger partial charge in [0.05, 0.1) is 35.6 Å². The van der Waals surface area contributed by atoms with Crippen LogP contribution < -0.4 is 21.7 Å². The van der Waals surface area contributed by atoms with E-state index in [4.69, 9.17) is 4.74 Å². The molecule has 4 fully saturated rings. The quantitative estimate of drug-likeness (QED) is 0.184. The first kappa shape index (κ1) is 22.1. The second kappa shape index (κ2) is 9.07. The van der Waals surface area contributed by atoms with Crippen molar-refractivity contribution in [2.75, 3.05) is 58.5 Å². The highest BCUT2D eigenvalue weighted by Gasteiger charge is 2.49. The van der Waals surface area contributed by atoms with Gasteiger partial charge in [-0.05, 0) is 50.4 Å². The van der Waals surface area contributed by atoms with E-state index < -0.39 is 0 Å². The van der Waals surface area contributed by atoms with Gasteiger partial charge in [0.15, 0.2) is 0 Å². The van der Waals surface area contributed by atoms with Crippen molar-refractivity contribution in [3.63, 3.8) is 0 Å². The summed E-state index contributed by atoms with van der Waals surface area (Å²) in [7, 11) is 0. The third kappa shape index (κ3) is 4.79. The van der Waals surface area contributed by atoms with Crippen LogP contribution in [-0.4, -0.2) is 83.5 Å². The van der Waals surface area contributed by atoms with E-state index in [0.717, 1.165) is 76.5 Å². The van der Waals surface area contributed by atoms with E-state index >= 15 is 0 Å². The highest BCUT2D eigenvalue weighted by molar-refractivity contribution is 9.11. The van der Waals surface area contributed by atoms with Crippen molar-refractivity contribution in [2.24, 2.45) is 0 Å². The molecular weight excluding hydrogens is 612 g/mol. The predicted molar refractivity (Wildman–Crippen MR) is 110 cm³/mol. The molecule has 4 bridgehead atoms. The van der Waals surface area contributed by atoms with Crippen LogP contribution in [0.4, 0.5) is 0 Å². The molecule has 10 heteroatoms. The van der Waals surface area contributed by atoms with Crippen LogP contribution >= 0.6 is 47.8 Å². The summed E-state index contributed by atoms with van der Waals surface area (Å²) in [4.78, 5) is 20.3. The summed E-state index contributed by atoms with van der Waals surface area (Å²) in [6.07, 6.45) is 0.934. The number of Topliss-reactive ketones (excluding diaryl/α,β-unsaturated/α-hetero) is 1. The fourth-order valence-electron chi connectivity index (χ4n) is 4.29. The lowest BCUT2D eigenvalue weighted by Gasteiger charge is -2.60. The number of ketones is 1. The number of hydrogen-bond acceptors (Lipinski definition) is 5. The minimum atomic E-state index is 0. The molecule has 0 amide bonds. The van der Waals surface area contributed by atoms with Crippen LogP contribution in [-0.2, 0) is 0 Å². The molecule has 0 aliphatic carbocycles. The van der Waals surface area contributed by atoms with Gasteiger partial charge in [-0.25, -0.2) is 14.7 Å². The fraction of sp³-hybridized carbons (Fsp3) is 0.588. The zero-order chi connectivity index (χ0) is 18.3. The van der Waals surface area contributed by atoms with Gasteiger partial charge >= 0.3 is 0 Å². The minimum Gasteiger partial charge on any atom is -1.00 e. The number of halogens is 4. The van der Waals surface area contributed by atoms with Crippen molar-refractivity contribution in [3.05, 3.63) is 26.6 Å². The minimum absolute atomic E-state index is 0. The lowest BCUT2D eigenvalue weighted by Crippen LogP contribution is -3.00.